The molecule has 6 heteroatoms. The summed E-state index contributed by atoms with van der Waals surface area (Å²) >= 11 is 1.45. The minimum atomic E-state index is -0.123. The molecule has 1 amide bonds. The van der Waals surface area contributed by atoms with E-state index in [0.717, 1.165) is 23.6 Å². The number of thioether (sulfide) groups is 1. The number of amides is 1. The molecule has 0 bridgehead atoms. The van der Waals surface area contributed by atoms with Gasteiger partial charge in [0.05, 0.1) is 11.4 Å². The summed E-state index contributed by atoms with van der Waals surface area (Å²) in [5, 5.41) is 13.9. The lowest BCUT2D eigenvalue weighted by Crippen LogP contribution is -2.23. The number of carbonyl (C=O) groups is 1. The lowest BCUT2D eigenvalue weighted by molar-refractivity contribution is -0.115. The molecule has 0 fully saturated rings. The highest BCUT2D eigenvalue weighted by atomic mass is 32.2. The first-order valence-electron chi connectivity index (χ1n) is 5.74. The van der Waals surface area contributed by atoms with E-state index in [-0.39, 0.29) is 11.2 Å². The number of hydrogen-bond donors (Lipinski definition) is 2. The number of aromatic nitrogens is 3. The molecule has 1 aliphatic heterocycles. The first-order valence-corrected chi connectivity index (χ1v) is 6.62. The van der Waals surface area contributed by atoms with Gasteiger partial charge in [-0.15, -0.1) is 5.10 Å². The first kappa shape index (κ1) is 11.3. The summed E-state index contributed by atoms with van der Waals surface area (Å²) in [4.78, 5) is 12.1. The van der Waals surface area contributed by atoms with Crippen molar-refractivity contribution >= 4 is 23.4 Å². The van der Waals surface area contributed by atoms with Crippen LogP contribution in [0.4, 0.5) is 5.69 Å². The molecule has 18 heavy (non-hydrogen) atoms. The number of hydrogen-bond acceptors (Lipinski definition) is 4. The number of anilines is 1. The van der Waals surface area contributed by atoms with E-state index < -0.39 is 0 Å². The molecule has 2 aromatic rings. The summed E-state index contributed by atoms with van der Waals surface area (Å²) in [6.07, 6.45) is 3.33. The van der Waals surface area contributed by atoms with Crippen LogP contribution in [0.15, 0.2) is 35.5 Å². The van der Waals surface area contributed by atoms with Crippen molar-refractivity contribution in [3.63, 3.8) is 0 Å². The molecular weight excluding hydrogens is 248 g/mol. The van der Waals surface area contributed by atoms with Crippen molar-refractivity contribution in [2.75, 3.05) is 5.32 Å². The molecule has 1 aromatic heterocycles. The summed E-state index contributed by atoms with van der Waals surface area (Å²) in [5.41, 5.74) is 2.11. The van der Waals surface area contributed by atoms with E-state index in [4.69, 9.17) is 0 Å². The normalized spacial score (nSPS) is 18.9. The quantitative estimate of drug-likeness (QED) is 0.864. The zero-order valence-electron chi connectivity index (χ0n) is 9.59. The van der Waals surface area contributed by atoms with Crippen molar-refractivity contribution in [1.82, 2.24) is 15.4 Å². The Balaban J connectivity index is 1.78. The van der Waals surface area contributed by atoms with E-state index in [1.807, 2.05) is 18.2 Å². The molecule has 1 aliphatic rings. The van der Waals surface area contributed by atoms with Gasteiger partial charge in [0.1, 0.15) is 5.03 Å². The molecule has 1 atom stereocenters. The van der Waals surface area contributed by atoms with Gasteiger partial charge in [-0.3, -0.25) is 4.79 Å². The van der Waals surface area contributed by atoms with E-state index in [2.05, 4.69) is 26.8 Å². The predicted molar refractivity (Wildman–Crippen MR) is 69.4 cm³/mol. The van der Waals surface area contributed by atoms with Gasteiger partial charge in [-0.1, -0.05) is 30.0 Å². The molecule has 0 spiro atoms. The monoisotopic (exact) mass is 260 g/mol. The van der Waals surface area contributed by atoms with Crippen LogP contribution in [0, 0.1) is 0 Å². The zero-order chi connectivity index (χ0) is 12.4. The Morgan fingerprint density at radius 3 is 3.06 bits per heavy atom. The summed E-state index contributed by atoms with van der Waals surface area (Å²) < 4.78 is 0. The summed E-state index contributed by atoms with van der Waals surface area (Å²) in [7, 11) is 0. The van der Waals surface area contributed by atoms with Crippen LogP contribution < -0.4 is 5.32 Å². The van der Waals surface area contributed by atoms with Crippen molar-refractivity contribution in [2.45, 2.75) is 23.1 Å². The highest BCUT2D eigenvalue weighted by Crippen LogP contribution is 2.29. The Labute approximate surface area is 108 Å². The number of para-hydroxylation sites is 1. The second kappa shape index (κ2) is 4.81. The number of fused-ring (bicyclic) bond motifs is 1. The molecular formula is C12H12N4OS. The maximum absolute atomic E-state index is 12.1. The van der Waals surface area contributed by atoms with Crippen LogP contribution in [0.25, 0.3) is 0 Å². The third-order valence-electron chi connectivity index (χ3n) is 2.90. The minimum absolute atomic E-state index is 0.0351. The smallest absolute Gasteiger partial charge is 0.237 e. The fourth-order valence-electron chi connectivity index (χ4n) is 2.00. The van der Waals surface area contributed by atoms with Crippen molar-refractivity contribution in [3.8, 4) is 0 Å². The SMILES string of the molecule is O=C1Nc2ccccc2CCC1Sc1cn[nH]n1. The van der Waals surface area contributed by atoms with E-state index in [1.165, 1.54) is 17.3 Å². The van der Waals surface area contributed by atoms with Crippen molar-refractivity contribution in [1.29, 1.82) is 0 Å². The Hall–Kier alpha value is -1.82. The molecule has 0 aliphatic carbocycles. The third-order valence-corrected chi connectivity index (χ3v) is 4.07. The second-order valence-electron chi connectivity index (χ2n) is 4.10. The molecule has 5 nitrogen and oxygen atoms in total. The average Bonchev–Trinajstić information content (AvgIpc) is 2.83. The Morgan fingerprint density at radius 1 is 1.33 bits per heavy atom. The number of aromatic amines is 1. The van der Waals surface area contributed by atoms with Crippen LogP contribution in [0.5, 0.6) is 0 Å². The number of H-pyrrole nitrogens is 1. The summed E-state index contributed by atoms with van der Waals surface area (Å²) in [5.74, 6) is 0.0351. The van der Waals surface area contributed by atoms with E-state index in [9.17, 15) is 4.79 Å². The van der Waals surface area contributed by atoms with Crippen LogP contribution in [0.1, 0.15) is 12.0 Å². The van der Waals surface area contributed by atoms with Crippen molar-refractivity contribution in [2.24, 2.45) is 0 Å². The fourth-order valence-corrected chi connectivity index (χ4v) is 2.90. The first-order chi connectivity index (χ1) is 8.83. The Kier molecular flexibility index (Phi) is 3.02. The number of rotatable bonds is 2. The van der Waals surface area contributed by atoms with Gasteiger partial charge < -0.3 is 5.32 Å². The highest BCUT2D eigenvalue weighted by molar-refractivity contribution is 8.00. The second-order valence-corrected chi connectivity index (χ2v) is 5.32. The molecule has 0 radical (unpaired) electrons. The van der Waals surface area contributed by atoms with E-state index in [0.29, 0.717) is 0 Å². The average molecular weight is 260 g/mol. The highest BCUT2D eigenvalue weighted by Gasteiger charge is 2.25. The largest absolute Gasteiger partial charge is 0.325 e. The van der Waals surface area contributed by atoms with Crippen LogP contribution in [0.3, 0.4) is 0 Å². The van der Waals surface area contributed by atoms with Crippen LogP contribution in [-0.4, -0.2) is 26.6 Å². The number of nitrogens with zero attached hydrogens (tertiary/aromatic N) is 2. The molecule has 92 valence electrons. The van der Waals surface area contributed by atoms with Crippen LogP contribution in [-0.2, 0) is 11.2 Å². The zero-order valence-corrected chi connectivity index (χ0v) is 10.4. The van der Waals surface area contributed by atoms with Gasteiger partial charge in [0, 0.05) is 5.69 Å². The number of carbonyl (C=O) groups excluding carboxylic acids is 1. The summed E-state index contributed by atoms with van der Waals surface area (Å²) in [6.45, 7) is 0. The number of aryl methyl sites for hydroxylation is 1. The number of benzene rings is 1. The maximum Gasteiger partial charge on any atom is 0.237 e. The third kappa shape index (κ3) is 2.24. The van der Waals surface area contributed by atoms with Gasteiger partial charge in [0.25, 0.3) is 0 Å². The number of nitrogens with one attached hydrogen (secondary N) is 2. The van der Waals surface area contributed by atoms with Crippen LogP contribution >= 0.6 is 11.8 Å². The van der Waals surface area contributed by atoms with Gasteiger partial charge >= 0.3 is 0 Å². The standard InChI is InChI=1S/C12H12N4OS/c17-12-10(18-11-7-13-16-15-11)6-5-8-3-1-2-4-9(8)14-12/h1-4,7,10H,5-6H2,(H,14,17)(H,13,15,16). The lowest BCUT2D eigenvalue weighted by atomic mass is 10.1. The van der Waals surface area contributed by atoms with Crippen molar-refractivity contribution in [3.05, 3.63) is 36.0 Å². The van der Waals surface area contributed by atoms with Gasteiger partial charge in [0.15, 0.2) is 0 Å². The minimum Gasteiger partial charge on any atom is -0.325 e. The van der Waals surface area contributed by atoms with E-state index in [1.54, 1.807) is 6.20 Å². The molecule has 0 saturated heterocycles. The molecule has 1 unspecified atom stereocenters. The Morgan fingerprint density at radius 2 is 2.22 bits per heavy atom. The van der Waals surface area contributed by atoms with Gasteiger partial charge in [-0.05, 0) is 24.5 Å². The molecule has 1 aromatic carbocycles. The lowest BCUT2D eigenvalue weighted by Gasteiger charge is -2.10. The molecule has 0 saturated carbocycles. The van der Waals surface area contributed by atoms with Crippen LogP contribution in [0.2, 0.25) is 0 Å². The predicted octanol–water partition coefficient (Wildman–Crippen LogP) is 1.85. The summed E-state index contributed by atoms with van der Waals surface area (Å²) in [6, 6.07) is 7.93. The van der Waals surface area contributed by atoms with E-state index >= 15 is 0 Å². The van der Waals surface area contributed by atoms with Gasteiger partial charge in [0.2, 0.25) is 5.91 Å². The molecule has 2 heterocycles. The topological polar surface area (TPSA) is 70.7 Å². The fraction of sp³-hybridized carbons (Fsp3) is 0.250. The van der Waals surface area contributed by atoms with Gasteiger partial charge in [-0.25, -0.2) is 0 Å². The van der Waals surface area contributed by atoms with Crippen molar-refractivity contribution < 1.29 is 4.79 Å². The Bertz CT molecular complexity index is 555. The maximum atomic E-state index is 12.1. The van der Waals surface area contributed by atoms with Gasteiger partial charge in [-0.2, -0.15) is 10.3 Å². The molecule has 3 rings (SSSR count). The molecule has 2 N–H and O–H groups in total.